The van der Waals surface area contributed by atoms with E-state index in [-0.39, 0.29) is 23.5 Å². The summed E-state index contributed by atoms with van der Waals surface area (Å²) in [7, 11) is 1.60. The molecule has 12 heteroatoms. The summed E-state index contributed by atoms with van der Waals surface area (Å²) in [6.45, 7) is 14.0. The van der Waals surface area contributed by atoms with Gasteiger partial charge < -0.3 is 14.5 Å². The third kappa shape index (κ3) is 5.22. The Hall–Kier alpha value is -3.72. The number of hydrogen-bond donors (Lipinski definition) is 0. The summed E-state index contributed by atoms with van der Waals surface area (Å²) in [5.74, 6) is -0.813. The number of piperazine rings is 1. The van der Waals surface area contributed by atoms with Crippen LogP contribution in [0.3, 0.4) is 0 Å². The lowest BCUT2D eigenvalue weighted by Crippen LogP contribution is -2.58. The van der Waals surface area contributed by atoms with Gasteiger partial charge in [-0.25, -0.2) is 9.18 Å². The minimum Gasteiger partial charge on any atom is -0.406 e. The Labute approximate surface area is 210 Å². The summed E-state index contributed by atoms with van der Waals surface area (Å²) < 4.78 is 57.7. The largest absolute Gasteiger partial charge is 0.573 e. The van der Waals surface area contributed by atoms with E-state index in [1.807, 2.05) is 25.7 Å². The van der Waals surface area contributed by atoms with Crippen LogP contribution >= 0.6 is 0 Å². The Bertz CT molecular complexity index is 1420. The molecule has 0 N–H and O–H groups in total. The summed E-state index contributed by atoms with van der Waals surface area (Å²) >= 11 is 0. The van der Waals surface area contributed by atoms with E-state index in [9.17, 15) is 22.4 Å². The Morgan fingerprint density at radius 3 is 2.57 bits per heavy atom. The molecule has 3 atom stereocenters. The summed E-state index contributed by atoms with van der Waals surface area (Å²) in [6, 6.07) is 5.72. The van der Waals surface area contributed by atoms with Gasteiger partial charge in [0.1, 0.15) is 11.6 Å². The van der Waals surface area contributed by atoms with E-state index in [1.54, 1.807) is 19.2 Å². The molecular weight excluding hydrogens is 492 g/mol. The first-order chi connectivity index (χ1) is 17.4. The van der Waals surface area contributed by atoms with Crippen LogP contribution in [-0.4, -0.2) is 51.0 Å². The number of hydrogen-bond acceptors (Lipinski definition) is 6. The van der Waals surface area contributed by atoms with Gasteiger partial charge in [-0.15, -0.1) is 18.2 Å². The lowest BCUT2D eigenvalue weighted by Gasteiger charge is -2.48. The van der Waals surface area contributed by atoms with Gasteiger partial charge in [-0.3, -0.25) is 9.47 Å². The SMILES string of the molecule is [C-]#[N+]c1ccc2c(n1)c(N1C[C@@H](CC)N(C(C)c3ccc(OC(F)(F)F)cc3F)C[C@@H]1C)nc(=O)n2C. The molecule has 1 saturated heterocycles. The summed E-state index contributed by atoms with van der Waals surface area (Å²) in [5, 5.41) is 0. The van der Waals surface area contributed by atoms with Crippen LogP contribution in [0.4, 0.5) is 29.2 Å². The van der Waals surface area contributed by atoms with E-state index in [0.29, 0.717) is 36.4 Å². The topological polar surface area (TPSA) is 67.9 Å². The van der Waals surface area contributed by atoms with E-state index >= 15 is 0 Å². The molecule has 8 nitrogen and oxygen atoms in total. The Morgan fingerprint density at radius 2 is 1.95 bits per heavy atom. The summed E-state index contributed by atoms with van der Waals surface area (Å²) in [4.78, 5) is 28.8. The van der Waals surface area contributed by atoms with E-state index in [2.05, 4.69) is 24.4 Å². The molecular formula is C25H26F4N6O2. The first-order valence-electron chi connectivity index (χ1n) is 11.8. The molecule has 3 heterocycles. The number of pyridine rings is 1. The van der Waals surface area contributed by atoms with Crippen LogP contribution in [0.5, 0.6) is 5.75 Å². The molecule has 4 rings (SSSR count). The van der Waals surface area contributed by atoms with E-state index < -0.39 is 29.7 Å². The fourth-order valence-electron chi connectivity index (χ4n) is 4.88. The quantitative estimate of drug-likeness (QED) is 0.351. The van der Waals surface area contributed by atoms with Gasteiger partial charge in [0.05, 0.1) is 5.52 Å². The predicted molar refractivity (Wildman–Crippen MR) is 130 cm³/mol. The minimum atomic E-state index is -4.90. The number of ether oxygens (including phenoxy) is 1. The molecule has 0 spiro atoms. The molecule has 0 radical (unpaired) electrons. The third-order valence-electron chi connectivity index (χ3n) is 6.82. The number of fused-ring (bicyclic) bond motifs is 1. The van der Waals surface area contributed by atoms with Crippen molar-refractivity contribution in [2.75, 3.05) is 18.0 Å². The zero-order valence-electron chi connectivity index (χ0n) is 20.8. The van der Waals surface area contributed by atoms with E-state index in [0.717, 1.165) is 12.1 Å². The van der Waals surface area contributed by atoms with Crippen molar-refractivity contribution in [2.24, 2.45) is 7.05 Å². The molecule has 3 aromatic rings. The van der Waals surface area contributed by atoms with Crippen molar-refractivity contribution in [2.45, 2.75) is 51.7 Å². The molecule has 196 valence electrons. The van der Waals surface area contributed by atoms with Crippen molar-refractivity contribution in [1.29, 1.82) is 0 Å². The fraction of sp³-hybridized carbons (Fsp3) is 0.440. The molecule has 37 heavy (non-hydrogen) atoms. The number of halogens is 4. The second-order valence-electron chi connectivity index (χ2n) is 9.09. The lowest BCUT2D eigenvalue weighted by atomic mass is 9.98. The monoisotopic (exact) mass is 518 g/mol. The maximum atomic E-state index is 14.9. The smallest absolute Gasteiger partial charge is 0.406 e. The molecule has 1 aliphatic heterocycles. The van der Waals surface area contributed by atoms with Gasteiger partial charge in [0.15, 0.2) is 5.82 Å². The Morgan fingerprint density at radius 1 is 1.22 bits per heavy atom. The highest BCUT2D eigenvalue weighted by Crippen LogP contribution is 2.35. The minimum absolute atomic E-state index is 0.0818. The summed E-state index contributed by atoms with van der Waals surface area (Å²) in [5.41, 5.74) is 0.820. The molecule has 0 saturated carbocycles. The second kappa shape index (κ2) is 9.97. The van der Waals surface area contributed by atoms with Crippen molar-refractivity contribution in [1.82, 2.24) is 19.4 Å². The average Bonchev–Trinajstić information content (AvgIpc) is 2.84. The summed E-state index contributed by atoms with van der Waals surface area (Å²) in [6.07, 6.45) is -4.21. The Balaban J connectivity index is 1.66. The number of nitrogens with zero attached hydrogens (tertiary/aromatic N) is 6. The average molecular weight is 519 g/mol. The predicted octanol–water partition coefficient (Wildman–Crippen LogP) is 4.97. The number of aryl methyl sites for hydroxylation is 1. The number of benzene rings is 1. The van der Waals surface area contributed by atoms with Gasteiger partial charge in [0, 0.05) is 49.9 Å². The van der Waals surface area contributed by atoms with Gasteiger partial charge in [-0.05, 0) is 38.5 Å². The number of rotatable bonds is 5. The molecule has 2 aromatic heterocycles. The van der Waals surface area contributed by atoms with Crippen molar-refractivity contribution < 1.29 is 22.3 Å². The van der Waals surface area contributed by atoms with Crippen molar-refractivity contribution in [3.05, 3.63) is 63.6 Å². The van der Waals surface area contributed by atoms with Gasteiger partial charge in [-0.2, -0.15) is 4.98 Å². The van der Waals surface area contributed by atoms with Gasteiger partial charge in [-0.1, -0.05) is 19.6 Å². The zero-order valence-corrected chi connectivity index (χ0v) is 20.8. The molecule has 1 fully saturated rings. The van der Waals surface area contributed by atoms with Crippen molar-refractivity contribution >= 4 is 22.7 Å². The lowest BCUT2D eigenvalue weighted by molar-refractivity contribution is -0.274. The van der Waals surface area contributed by atoms with Crippen LogP contribution in [-0.2, 0) is 7.05 Å². The van der Waals surface area contributed by atoms with Crippen LogP contribution in [0.15, 0.2) is 35.1 Å². The molecule has 0 aliphatic carbocycles. The standard InChI is InChI=1S/C25H26F4N6O2/c1-6-16-13-34(23-22-20(33(5)24(36)32-23)9-10-21(30-4)31-22)14(2)12-35(16)15(3)18-8-7-17(11-19(18)26)37-25(27,28)29/h7-11,14-16H,6,12-13H2,1-3,5H3/t14-,15?,16+/m0/s1. The molecule has 1 aliphatic rings. The number of aromatic nitrogens is 3. The maximum absolute atomic E-state index is 14.9. The molecule has 1 unspecified atom stereocenters. The highest BCUT2D eigenvalue weighted by atomic mass is 19.4. The van der Waals surface area contributed by atoms with Crippen LogP contribution in [0.25, 0.3) is 15.9 Å². The Kier molecular flexibility index (Phi) is 7.10. The van der Waals surface area contributed by atoms with E-state index in [4.69, 9.17) is 6.57 Å². The fourth-order valence-corrected chi connectivity index (χ4v) is 4.88. The van der Waals surface area contributed by atoms with Crippen LogP contribution in [0.1, 0.15) is 38.8 Å². The van der Waals surface area contributed by atoms with Crippen LogP contribution in [0, 0.1) is 12.4 Å². The van der Waals surface area contributed by atoms with Crippen LogP contribution in [0.2, 0.25) is 0 Å². The maximum Gasteiger partial charge on any atom is 0.573 e. The van der Waals surface area contributed by atoms with Gasteiger partial charge in [0.25, 0.3) is 5.82 Å². The molecule has 0 bridgehead atoms. The first-order valence-corrected chi connectivity index (χ1v) is 11.8. The number of alkyl halides is 3. The van der Waals surface area contributed by atoms with E-state index in [1.165, 1.54) is 10.6 Å². The molecule has 1 aromatic carbocycles. The van der Waals surface area contributed by atoms with Crippen LogP contribution < -0.4 is 15.3 Å². The highest BCUT2D eigenvalue weighted by Gasteiger charge is 2.37. The number of anilines is 1. The molecule has 0 amide bonds. The van der Waals surface area contributed by atoms with Crippen molar-refractivity contribution in [3.63, 3.8) is 0 Å². The van der Waals surface area contributed by atoms with Crippen molar-refractivity contribution in [3.8, 4) is 5.75 Å². The third-order valence-corrected chi connectivity index (χ3v) is 6.82. The van der Waals surface area contributed by atoms with Gasteiger partial charge in [0.2, 0.25) is 5.52 Å². The van der Waals surface area contributed by atoms with Gasteiger partial charge >= 0.3 is 12.1 Å². The highest BCUT2D eigenvalue weighted by molar-refractivity contribution is 5.87. The zero-order chi connectivity index (χ0) is 27.1. The first kappa shape index (κ1) is 26.3. The normalized spacial score (nSPS) is 19.6. The second-order valence-corrected chi connectivity index (χ2v) is 9.09.